The predicted molar refractivity (Wildman–Crippen MR) is 197 cm³/mol. The summed E-state index contributed by atoms with van der Waals surface area (Å²) in [7, 11) is 10.9. The second kappa shape index (κ2) is 19.0. The Kier molecular flexibility index (Phi) is 15.1. The Labute approximate surface area is 275 Å². The minimum Gasteiger partial charge on any atom is -0.491 e. The fourth-order valence-corrected chi connectivity index (χ4v) is 5.67. The van der Waals surface area contributed by atoms with E-state index in [-0.39, 0.29) is 4.64 Å². The number of ether oxygens (including phenoxy) is 4. The van der Waals surface area contributed by atoms with Crippen molar-refractivity contribution >= 4 is 50.0 Å². The van der Waals surface area contributed by atoms with E-state index in [2.05, 4.69) is 91.0 Å². The molecule has 4 N–H and O–H groups in total. The Morgan fingerprint density at radius 1 is 0.911 bits per heavy atom. The summed E-state index contributed by atoms with van der Waals surface area (Å²) in [5.41, 5.74) is 9.76. The van der Waals surface area contributed by atoms with Crippen LogP contribution in [0.5, 0.6) is 5.75 Å². The van der Waals surface area contributed by atoms with E-state index in [9.17, 15) is 0 Å². The Morgan fingerprint density at radius 3 is 2.24 bits per heavy atom. The average Bonchev–Trinajstić information content (AvgIpc) is 3.36. The van der Waals surface area contributed by atoms with Crippen molar-refractivity contribution in [2.24, 2.45) is 5.73 Å². The number of fused-ring (bicyclic) bond motifs is 1. The number of hydrogen-bond acceptors (Lipinski definition) is 8. The monoisotopic (exact) mass is 673 g/mol. The molecule has 1 aliphatic rings. The van der Waals surface area contributed by atoms with Gasteiger partial charge in [0.25, 0.3) is 0 Å². The normalized spacial score (nSPS) is 14.3. The van der Waals surface area contributed by atoms with Crippen LogP contribution in [0.3, 0.4) is 0 Å². The van der Waals surface area contributed by atoms with Crippen molar-refractivity contribution in [3.05, 3.63) is 54.2 Å². The van der Waals surface area contributed by atoms with E-state index in [4.69, 9.17) is 24.7 Å². The summed E-state index contributed by atoms with van der Waals surface area (Å²) in [4.78, 5) is 2.40. The lowest BCUT2D eigenvalue weighted by molar-refractivity contribution is 0.0106. The first kappa shape index (κ1) is 35.9. The average molecular weight is 674 g/mol. The van der Waals surface area contributed by atoms with E-state index in [1.165, 1.54) is 16.6 Å². The topological polar surface area (TPSA) is 95.2 Å². The fourth-order valence-electron chi connectivity index (χ4n) is 5.12. The maximum Gasteiger partial charge on any atom is 0.119 e. The van der Waals surface area contributed by atoms with Gasteiger partial charge in [0.2, 0.25) is 0 Å². The number of nitrogens with zero attached hydrogens (tertiary/aromatic N) is 2. The third-order valence-corrected chi connectivity index (χ3v) is 7.96. The first-order chi connectivity index (χ1) is 21.8. The maximum atomic E-state index is 5.79. The summed E-state index contributed by atoms with van der Waals surface area (Å²) in [6, 6.07) is 17.2. The molecule has 12 heteroatoms. The molecule has 2 heterocycles. The zero-order chi connectivity index (χ0) is 31.9. The number of hydrogen-bond donors (Lipinski definition) is 3. The summed E-state index contributed by atoms with van der Waals surface area (Å²) >= 11 is 0. The van der Waals surface area contributed by atoms with Crippen LogP contribution in [0.1, 0.15) is 18.5 Å². The number of anilines is 2. The molecule has 0 radical (unpaired) electrons. The van der Waals surface area contributed by atoms with Crippen LogP contribution in [-0.2, 0) is 20.8 Å². The fraction of sp³-hybridized carbons (Fsp3) is 0.515. The van der Waals surface area contributed by atoms with Crippen LogP contribution in [0.2, 0.25) is 0 Å². The van der Waals surface area contributed by atoms with Crippen molar-refractivity contribution in [3.63, 3.8) is 0 Å². The van der Waals surface area contributed by atoms with Crippen LogP contribution in [0, 0.1) is 11.8 Å². The van der Waals surface area contributed by atoms with Gasteiger partial charge in [0.1, 0.15) is 12.4 Å². The zero-order valence-corrected chi connectivity index (χ0v) is 29.9. The molecule has 9 nitrogen and oxygen atoms in total. The van der Waals surface area contributed by atoms with Crippen LogP contribution in [0.25, 0.3) is 10.9 Å². The molecule has 2 aromatic carbocycles. The molecular weight excluding hydrogens is 623 g/mol. The van der Waals surface area contributed by atoms with E-state index in [1.54, 1.807) is 0 Å². The van der Waals surface area contributed by atoms with Crippen molar-refractivity contribution in [2.75, 3.05) is 90.1 Å². The molecule has 3 aromatic rings. The first-order valence-corrected chi connectivity index (χ1v) is 17.4. The number of nitrogens with two attached hydrogens (primary N) is 1. The standard InChI is InChI=1S/C33H50N5O4P3/c1-37-15-11-27(12-16-37)36-31-5-2-6-32-30(31)24-28(38(32)25-33(43,44)45)4-3-14-35-26-7-9-29(10-8-26)42-23-22-41-21-20-40-19-18-39-17-13-34/h2,5-10,24,27,35-36H,11-23,25,34,43-45H2,1H3. The lowest BCUT2D eigenvalue weighted by Gasteiger charge is -2.30. The number of likely N-dealkylation sites (tertiary alicyclic amines) is 1. The summed E-state index contributed by atoms with van der Waals surface area (Å²) < 4.78 is 24.2. The molecular formula is C33H50N5O4P3. The molecule has 1 aromatic heterocycles. The van der Waals surface area contributed by atoms with Crippen molar-refractivity contribution in [1.29, 1.82) is 0 Å². The molecule has 0 bridgehead atoms. The SMILES string of the molecule is CN1CCC(Nc2cccc3c2cc(C#CCNc2ccc(OCCOCCOCCOCCN)cc2)n3CC(P)(P)P)CC1. The van der Waals surface area contributed by atoms with Gasteiger partial charge in [-0.05, 0) is 81.4 Å². The number of rotatable bonds is 18. The molecule has 0 aliphatic carbocycles. The van der Waals surface area contributed by atoms with E-state index in [0.29, 0.717) is 65.4 Å². The highest BCUT2D eigenvalue weighted by atomic mass is 31.1. The van der Waals surface area contributed by atoms with Crippen LogP contribution in [-0.4, -0.2) is 99.6 Å². The smallest absolute Gasteiger partial charge is 0.119 e. The van der Waals surface area contributed by atoms with Crippen LogP contribution < -0.4 is 21.1 Å². The summed E-state index contributed by atoms with van der Waals surface area (Å²) in [6.45, 7) is 7.79. The molecule has 1 aliphatic heterocycles. The highest BCUT2D eigenvalue weighted by molar-refractivity contribution is 7.57. The Balaban J connectivity index is 1.26. The predicted octanol–water partition coefficient (Wildman–Crippen LogP) is 4.28. The number of nitrogens with one attached hydrogen (secondary N) is 2. The van der Waals surface area contributed by atoms with E-state index >= 15 is 0 Å². The lowest BCUT2D eigenvalue weighted by atomic mass is 10.0. The highest BCUT2D eigenvalue weighted by Gasteiger charge is 2.20. The Morgan fingerprint density at radius 2 is 1.58 bits per heavy atom. The molecule has 1 fully saturated rings. The van der Waals surface area contributed by atoms with Gasteiger partial charge in [-0.3, -0.25) is 0 Å². The minimum absolute atomic E-state index is 0.122. The van der Waals surface area contributed by atoms with Gasteiger partial charge < -0.3 is 44.8 Å². The second-order valence-electron chi connectivity index (χ2n) is 11.3. The molecule has 0 spiro atoms. The van der Waals surface area contributed by atoms with Crippen LogP contribution in [0.15, 0.2) is 48.5 Å². The molecule has 45 heavy (non-hydrogen) atoms. The van der Waals surface area contributed by atoms with E-state index in [0.717, 1.165) is 49.6 Å². The lowest BCUT2D eigenvalue weighted by Crippen LogP contribution is -2.36. The number of piperidine rings is 1. The Hall–Kier alpha value is -1.97. The third kappa shape index (κ3) is 12.6. The van der Waals surface area contributed by atoms with Crippen LogP contribution >= 0.6 is 27.7 Å². The summed E-state index contributed by atoms with van der Waals surface area (Å²) in [5, 5.41) is 8.45. The van der Waals surface area contributed by atoms with Crippen LogP contribution in [0.4, 0.5) is 11.4 Å². The molecule has 1 saturated heterocycles. The Bertz CT molecular complexity index is 1360. The first-order valence-electron chi connectivity index (χ1n) is 15.7. The van der Waals surface area contributed by atoms with E-state index < -0.39 is 0 Å². The third-order valence-electron chi connectivity index (χ3n) is 7.41. The van der Waals surface area contributed by atoms with Gasteiger partial charge in [-0.25, -0.2) is 0 Å². The zero-order valence-electron chi connectivity index (χ0n) is 26.4. The van der Waals surface area contributed by atoms with Gasteiger partial charge in [-0.2, -0.15) is 0 Å². The van der Waals surface area contributed by atoms with Gasteiger partial charge in [0.15, 0.2) is 0 Å². The van der Waals surface area contributed by atoms with Crippen molar-refractivity contribution < 1.29 is 18.9 Å². The molecule has 0 amide bonds. The second-order valence-corrected chi connectivity index (χ2v) is 16.6. The molecule has 3 unspecified atom stereocenters. The van der Waals surface area contributed by atoms with Gasteiger partial charge in [-0.1, -0.05) is 12.0 Å². The molecule has 0 saturated carbocycles. The summed E-state index contributed by atoms with van der Waals surface area (Å²) in [6.07, 6.45) is 2.31. The largest absolute Gasteiger partial charge is 0.491 e. The van der Waals surface area contributed by atoms with Crippen molar-refractivity contribution in [2.45, 2.75) is 30.1 Å². The number of benzene rings is 2. The minimum atomic E-state index is -0.122. The van der Waals surface area contributed by atoms with E-state index in [1.807, 2.05) is 24.3 Å². The molecule has 246 valence electrons. The van der Waals surface area contributed by atoms with Crippen molar-refractivity contribution in [1.82, 2.24) is 9.47 Å². The molecule has 4 rings (SSSR count). The quantitative estimate of drug-likeness (QED) is 0.105. The van der Waals surface area contributed by atoms with Gasteiger partial charge in [-0.15, -0.1) is 27.7 Å². The van der Waals surface area contributed by atoms with Gasteiger partial charge in [0.05, 0.1) is 57.4 Å². The van der Waals surface area contributed by atoms with Gasteiger partial charge >= 0.3 is 0 Å². The summed E-state index contributed by atoms with van der Waals surface area (Å²) in [5.74, 6) is 7.57. The maximum absolute atomic E-state index is 5.79. The number of aromatic nitrogens is 1. The highest BCUT2D eigenvalue weighted by Crippen LogP contribution is 2.38. The van der Waals surface area contributed by atoms with Crippen molar-refractivity contribution in [3.8, 4) is 17.6 Å². The molecule has 3 atom stereocenters. The van der Waals surface area contributed by atoms with Gasteiger partial charge in [0, 0.05) is 40.5 Å².